The molecule has 0 aromatic heterocycles. The molecule has 1 fully saturated rings. The Balaban J connectivity index is 2.24. The standard InChI is InChI=1S/C13H14F2N2O4/c14-8-6-9(15)10(5-7(8)11(18)19)17-12(20)13(16)1-3-21-4-2-13/h5-6H,1-4,16H2,(H,17,20)(H,18,19). The first-order valence-electron chi connectivity index (χ1n) is 6.24. The van der Waals surface area contributed by atoms with Crippen molar-refractivity contribution in [3.05, 3.63) is 29.3 Å². The highest BCUT2D eigenvalue weighted by Crippen LogP contribution is 2.23. The molecule has 6 nitrogen and oxygen atoms in total. The van der Waals surface area contributed by atoms with Crippen molar-refractivity contribution in [3.63, 3.8) is 0 Å². The van der Waals surface area contributed by atoms with Gasteiger partial charge in [0.05, 0.1) is 11.3 Å². The molecule has 1 aliphatic heterocycles. The lowest BCUT2D eigenvalue weighted by molar-refractivity contribution is -0.124. The van der Waals surface area contributed by atoms with Crippen LogP contribution in [0, 0.1) is 11.6 Å². The molecule has 0 unspecified atom stereocenters. The molecule has 0 saturated carbocycles. The Morgan fingerprint density at radius 3 is 2.43 bits per heavy atom. The topological polar surface area (TPSA) is 102 Å². The van der Waals surface area contributed by atoms with E-state index < -0.39 is 40.3 Å². The third kappa shape index (κ3) is 3.17. The fourth-order valence-corrected chi connectivity index (χ4v) is 2.02. The Kier molecular flexibility index (Phi) is 4.19. The molecule has 0 bridgehead atoms. The first kappa shape index (κ1) is 15.3. The maximum Gasteiger partial charge on any atom is 0.338 e. The highest BCUT2D eigenvalue weighted by Gasteiger charge is 2.36. The van der Waals surface area contributed by atoms with Gasteiger partial charge in [-0.1, -0.05) is 0 Å². The smallest absolute Gasteiger partial charge is 0.338 e. The predicted octanol–water partition coefficient (Wildman–Crippen LogP) is 1.11. The number of benzene rings is 1. The summed E-state index contributed by atoms with van der Waals surface area (Å²) < 4.78 is 32.0. The van der Waals surface area contributed by atoms with E-state index in [1.165, 1.54) is 0 Å². The van der Waals surface area contributed by atoms with Gasteiger partial charge in [-0.3, -0.25) is 4.79 Å². The van der Waals surface area contributed by atoms with E-state index in [2.05, 4.69) is 5.32 Å². The summed E-state index contributed by atoms with van der Waals surface area (Å²) in [4.78, 5) is 22.9. The Hall–Kier alpha value is -2.06. The van der Waals surface area contributed by atoms with Crippen LogP contribution in [-0.2, 0) is 9.53 Å². The quantitative estimate of drug-likeness (QED) is 0.776. The second-order valence-corrected chi connectivity index (χ2v) is 4.84. The van der Waals surface area contributed by atoms with Crippen LogP contribution < -0.4 is 11.1 Å². The van der Waals surface area contributed by atoms with Gasteiger partial charge in [-0.05, 0) is 18.9 Å². The first-order chi connectivity index (χ1) is 9.83. The maximum atomic E-state index is 13.6. The Bertz CT molecular complexity index is 586. The van der Waals surface area contributed by atoms with E-state index in [1.807, 2.05) is 0 Å². The highest BCUT2D eigenvalue weighted by atomic mass is 19.1. The number of halogens is 2. The molecule has 0 atom stereocenters. The molecule has 1 saturated heterocycles. The number of amides is 1. The molecule has 1 aliphatic rings. The summed E-state index contributed by atoms with van der Waals surface area (Å²) in [6.07, 6.45) is 0.515. The number of nitrogens with one attached hydrogen (secondary N) is 1. The molecular weight excluding hydrogens is 286 g/mol. The molecule has 0 spiro atoms. The van der Waals surface area contributed by atoms with Crippen molar-refractivity contribution >= 4 is 17.6 Å². The fraction of sp³-hybridized carbons (Fsp3) is 0.385. The number of carbonyl (C=O) groups excluding carboxylic acids is 1. The third-order valence-electron chi connectivity index (χ3n) is 3.37. The number of rotatable bonds is 3. The van der Waals surface area contributed by atoms with Gasteiger partial charge in [0.25, 0.3) is 0 Å². The van der Waals surface area contributed by atoms with Crippen LogP contribution in [0.2, 0.25) is 0 Å². The van der Waals surface area contributed by atoms with E-state index in [1.54, 1.807) is 0 Å². The number of hydrogen-bond acceptors (Lipinski definition) is 4. The molecule has 4 N–H and O–H groups in total. The molecule has 21 heavy (non-hydrogen) atoms. The van der Waals surface area contributed by atoms with Gasteiger partial charge in [-0.25, -0.2) is 13.6 Å². The Labute approximate surface area is 118 Å². The molecule has 1 heterocycles. The number of carboxylic acids is 1. The molecular formula is C13H14F2N2O4. The van der Waals surface area contributed by atoms with Crippen LogP contribution in [0.3, 0.4) is 0 Å². The maximum absolute atomic E-state index is 13.6. The predicted molar refractivity (Wildman–Crippen MR) is 68.9 cm³/mol. The van der Waals surface area contributed by atoms with Gasteiger partial charge >= 0.3 is 5.97 Å². The molecule has 8 heteroatoms. The van der Waals surface area contributed by atoms with Crippen molar-refractivity contribution in [2.24, 2.45) is 5.73 Å². The summed E-state index contributed by atoms with van der Waals surface area (Å²) in [5, 5.41) is 11.0. The summed E-state index contributed by atoms with van der Waals surface area (Å²) in [6, 6.07) is 1.14. The second-order valence-electron chi connectivity index (χ2n) is 4.84. The van der Waals surface area contributed by atoms with Gasteiger partial charge in [0, 0.05) is 19.3 Å². The highest BCUT2D eigenvalue weighted by molar-refractivity contribution is 5.99. The van der Waals surface area contributed by atoms with E-state index in [0.29, 0.717) is 19.3 Å². The fourth-order valence-electron chi connectivity index (χ4n) is 2.02. The summed E-state index contributed by atoms with van der Waals surface area (Å²) in [5.74, 6) is -4.50. The number of nitrogens with two attached hydrogens (primary N) is 1. The minimum absolute atomic E-state index is 0.257. The lowest BCUT2D eigenvalue weighted by Gasteiger charge is -2.31. The van der Waals surface area contributed by atoms with Gasteiger partial charge in [0.1, 0.15) is 17.2 Å². The van der Waals surface area contributed by atoms with Crippen molar-refractivity contribution in [1.82, 2.24) is 0 Å². The number of aromatic carboxylic acids is 1. The van der Waals surface area contributed by atoms with Crippen molar-refractivity contribution in [2.45, 2.75) is 18.4 Å². The van der Waals surface area contributed by atoms with Gasteiger partial charge in [-0.15, -0.1) is 0 Å². The van der Waals surface area contributed by atoms with Gasteiger partial charge in [-0.2, -0.15) is 0 Å². The number of anilines is 1. The van der Waals surface area contributed by atoms with Gasteiger partial charge < -0.3 is 20.9 Å². The monoisotopic (exact) mass is 300 g/mol. The van der Waals surface area contributed by atoms with E-state index in [0.717, 1.165) is 6.07 Å². The number of carboxylic acid groups (broad SMARTS) is 1. The number of hydrogen-bond donors (Lipinski definition) is 3. The Morgan fingerprint density at radius 1 is 1.24 bits per heavy atom. The summed E-state index contributed by atoms with van der Waals surface area (Å²) >= 11 is 0. The first-order valence-corrected chi connectivity index (χ1v) is 6.24. The zero-order valence-electron chi connectivity index (χ0n) is 11.0. The van der Waals surface area contributed by atoms with Crippen LogP contribution in [0.1, 0.15) is 23.2 Å². The number of ether oxygens (including phenoxy) is 1. The Morgan fingerprint density at radius 2 is 1.86 bits per heavy atom. The lowest BCUT2D eigenvalue weighted by Crippen LogP contribution is -2.54. The van der Waals surface area contributed by atoms with E-state index in [4.69, 9.17) is 15.6 Å². The van der Waals surface area contributed by atoms with E-state index in [9.17, 15) is 18.4 Å². The lowest BCUT2D eigenvalue weighted by atomic mass is 9.90. The largest absolute Gasteiger partial charge is 0.478 e. The van der Waals surface area contributed by atoms with E-state index >= 15 is 0 Å². The van der Waals surface area contributed by atoms with Crippen LogP contribution in [0.4, 0.5) is 14.5 Å². The van der Waals surface area contributed by atoms with E-state index in [-0.39, 0.29) is 12.8 Å². The van der Waals surface area contributed by atoms with Gasteiger partial charge in [0.15, 0.2) is 0 Å². The van der Waals surface area contributed by atoms with Crippen LogP contribution in [-0.4, -0.2) is 35.7 Å². The molecule has 114 valence electrons. The normalized spacial score (nSPS) is 17.3. The van der Waals surface area contributed by atoms with Gasteiger partial charge in [0.2, 0.25) is 5.91 Å². The van der Waals surface area contributed by atoms with Crippen LogP contribution in [0.15, 0.2) is 12.1 Å². The SMILES string of the molecule is NC1(C(=O)Nc2cc(C(=O)O)c(F)cc2F)CCOCC1. The van der Waals surface area contributed by atoms with Crippen LogP contribution >= 0.6 is 0 Å². The molecule has 1 aromatic rings. The average molecular weight is 300 g/mol. The van der Waals surface area contributed by atoms with Crippen molar-refractivity contribution < 1.29 is 28.2 Å². The average Bonchev–Trinajstić information content (AvgIpc) is 2.42. The van der Waals surface area contributed by atoms with Crippen LogP contribution in [0.5, 0.6) is 0 Å². The molecule has 1 aromatic carbocycles. The van der Waals surface area contributed by atoms with Crippen molar-refractivity contribution in [1.29, 1.82) is 0 Å². The third-order valence-corrected chi connectivity index (χ3v) is 3.37. The minimum Gasteiger partial charge on any atom is -0.478 e. The molecule has 2 rings (SSSR count). The summed E-state index contributed by atoms with van der Waals surface area (Å²) in [5.41, 5.74) is 3.55. The minimum atomic E-state index is -1.56. The molecule has 0 aliphatic carbocycles. The summed E-state index contributed by atoms with van der Waals surface area (Å²) in [7, 11) is 0. The van der Waals surface area contributed by atoms with Crippen LogP contribution in [0.25, 0.3) is 0 Å². The van der Waals surface area contributed by atoms with Crippen molar-refractivity contribution in [3.8, 4) is 0 Å². The second kappa shape index (κ2) is 5.74. The number of carbonyl (C=O) groups is 2. The van der Waals surface area contributed by atoms with Crippen molar-refractivity contribution in [2.75, 3.05) is 18.5 Å². The molecule has 0 radical (unpaired) electrons. The summed E-state index contributed by atoms with van der Waals surface area (Å²) in [6.45, 7) is 0.604. The zero-order chi connectivity index (χ0) is 15.6. The molecule has 1 amide bonds. The zero-order valence-corrected chi connectivity index (χ0v) is 11.0.